The number of carboxylic acids is 1. The second-order valence-electron chi connectivity index (χ2n) is 8.77. The molecule has 2 aromatic carbocycles. The van der Waals surface area contributed by atoms with Crippen molar-refractivity contribution >= 4 is 18.0 Å². The fourth-order valence-electron chi connectivity index (χ4n) is 4.23. The van der Waals surface area contributed by atoms with Crippen LogP contribution in [-0.2, 0) is 14.3 Å². The molecule has 2 amide bonds. The summed E-state index contributed by atoms with van der Waals surface area (Å²) in [6.45, 7) is 4.28. The summed E-state index contributed by atoms with van der Waals surface area (Å²) in [5, 5.41) is 14.3. The van der Waals surface area contributed by atoms with Gasteiger partial charge in [0.1, 0.15) is 6.61 Å². The standard InChI is InChI=1S/C26H32N2O5/c1-17(14-25(30)31)15-27-24(29)13-7-8-18(2)28-26(32)33-16-23-21-11-5-3-9-19(21)20-10-4-6-12-22(20)23/h3-6,9-12,17-18,23H,7-8,13-16H2,1-2H3,(H,27,29)(H,28,32)(H,30,31). The van der Waals surface area contributed by atoms with Gasteiger partial charge in [-0.05, 0) is 47.9 Å². The average molecular weight is 453 g/mol. The van der Waals surface area contributed by atoms with E-state index in [2.05, 4.69) is 34.9 Å². The Kier molecular flexibility index (Phi) is 8.46. The zero-order valence-electron chi connectivity index (χ0n) is 19.2. The Morgan fingerprint density at radius 3 is 2.21 bits per heavy atom. The molecule has 0 fully saturated rings. The zero-order chi connectivity index (χ0) is 23.8. The molecule has 176 valence electrons. The molecule has 0 bridgehead atoms. The Hall–Kier alpha value is -3.35. The van der Waals surface area contributed by atoms with Gasteiger partial charge in [-0.3, -0.25) is 9.59 Å². The minimum atomic E-state index is -0.870. The number of ether oxygens (including phenoxy) is 1. The molecule has 33 heavy (non-hydrogen) atoms. The number of fused-ring (bicyclic) bond motifs is 3. The highest BCUT2D eigenvalue weighted by Gasteiger charge is 2.29. The van der Waals surface area contributed by atoms with Crippen molar-refractivity contribution in [2.24, 2.45) is 5.92 Å². The van der Waals surface area contributed by atoms with Crippen LogP contribution in [-0.4, -0.2) is 42.3 Å². The van der Waals surface area contributed by atoms with Gasteiger partial charge in [0.25, 0.3) is 0 Å². The fraction of sp³-hybridized carbons (Fsp3) is 0.423. The van der Waals surface area contributed by atoms with Crippen molar-refractivity contribution in [3.05, 3.63) is 59.7 Å². The first-order valence-electron chi connectivity index (χ1n) is 11.4. The van der Waals surface area contributed by atoms with Crippen molar-refractivity contribution in [1.29, 1.82) is 0 Å². The van der Waals surface area contributed by atoms with Crippen LogP contribution in [0.5, 0.6) is 0 Å². The highest BCUT2D eigenvalue weighted by molar-refractivity contribution is 5.79. The van der Waals surface area contributed by atoms with E-state index in [4.69, 9.17) is 9.84 Å². The van der Waals surface area contributed by atoms with E-state index in [9.17, 15) is 14.4 Å². The third kappa shape index (κ3) is 6.81. The van der Waals surface area contributed by atoms with Crippen molar-refractivity contribution in [3.8, 4) is 11.1 Å². The summed E-state index contributed by atoms with van der Waals surface area (Å²) in [4.78, 5) is 34.9. The van der Waals surface area contributed by atoms with Gasteiger partial charge < -0.3 is 20.5 Å². The van der Waals surface area contributed by atoms with Crippen molar-refractivity contribution in [3.63, 3.8) is 0 Å². The quantitative estimate of drug-likeness (QED) is 0.471. The summed E-state index contributed by atoms with van der Waals surface area (Å²) >= 11 is 0. The number of nitrogens with one attached hydrogen (secondary N) is 2. The van der Waals surface area contributed by atoms with Crippen LogP contribution in [0.3, 0.4) is 0 Å². The second-order valence-corrected chi connectivity index (χ2v) is 8.77. The van der Waals surface area contributed by atoms with E-state index in [-0.39, 0.29) is 36.8 Å². The minimum absolute atomic E-state index is 0.0191. The number of amides is 2. The fourth-order valence-corrected chi connectivity index (χ4v) is 4.23. The Labute approximate surface area is 194 Å². The van der Waals surface area contributed by atoms with Crippen LogP contribution in [0.2, 0.25) is 0 Å². The highest BCUT2D eigenvalue weighted by atomic mass is 16.5. The number of carbonyl (C=O) groups excluding carboxylic acids is 2. The first-order chi connectivity index (χ1) is 15.8. The van der Waals surface area contributed by atoms with Gasteiger partial charge in [-0.2, -0.15) is 0 Å². The molecule has 1 aliphatic carbocycles. The van der Waals surface area contributed by atoms with E-state index in [1.54, 1.807) is 6.92 Å². The van der Waals surface area contributed by atoms with E-state index in [1.807, 2.05) is 31.2 Å². The van der Waals surface area contributed by atoms with Gasteiger partial charge in [0.05, 0.1) is 0 Å². The van der Waals surface area contributed by atoms with Crippen molar-refractivity contribution < 1.29 is 24.2 Å². The number of carboxylic acid groups (broad SMARTS) is 1. The van der Waals surface area contributed by atoms with E-state index in [1.165, 1.54) is 22.3 Å². The van der Waals surface area contributed by atoms with Crippen molar-refractivity contribution in [2.45, 2.75) is 51.5 Å². The zero-order valence-corrected chi connectivity index (χ0v) is 19.2. The van der Waals surface area contributed by atoms with E-state index >= 15 is 0 Å². The SMILES string of the molecule is CC(CNC(=O)CCCC(C)NC(=O)OCC1c2ccccc2-c2ccccc21)CC(=O)O. The van der Waals surface area contributed by atoms with E-state index < -0.39 is 12.1 Å². The average Bonchev–Trinajstić information content (AvgIpc) is 3.09. The summed E-state index contributed by atoms with van der Waals surface area (Å²) < 4.78 is 5.56. The number of alkyl carbamates (subject to hydrolysis) is 1. The Morgan fingerprint density at radius 2 is 1.61 bits per heavy atom. The molecular formula is C26H32N2O5. The van der Waals surface area contributed by atoms with Crippen LogP contribution in [0.15, 0.2) is 48.5 Å². The molecule has 0 aromatic heterocycles. The molecule has 7 heteroatoms. The van der Waals surface area contributed by atoms with Crippen LogP contribution in [0.25, 0.3) is 11.1 Å². The van der Waals surface area contributed by atoms with Gasteiger partial charge in [-0.25, -0.2) is 4.79 Å². The summed E-state index contributed by atoms with van der Waals surface area (Å²) in [5.74, 6) is -1.07. The monoisotopic (exact) mass is 452 g/mol. The van der Waals surface area contributed by atoms with Crippen LogP contribution in [0.1, 0.15) is 56.6 Å². The molecule has 2 atom stereocenters. The number of carbonyl (C=O) groups is 3. The smallest absolute Gasteiger partial charge is 0.407 e. The summed E-state index contributed by atoms with van der Waals surface area (Å²) in [6.07, 6.45) is 1.15. The lowest BCUT2D eigenvalue weighted by Crippen LogP contribution is -2.34. The van der Waals surface area contributed by atoms with Crippen LogP contribution in [0.4, 0.5) is 4.79 Å². The molecule has 2 unspecified atom stereocenters. The lowest BCUT2D eigenvalue weighted by molar-refractivity contribution is -0.138. The van der Waals surface area contributed by atoms with E-state index in [0.29, 0.717) is 25.8 Å². The van der Waals surface area contributed by atoms with Gasteiger partial charge in [0, 0.05) is 31.3 Å². The van der Waals surface area contributed by atoms with Gasteiger partial charge in [0.15, 0.2) is 0 Å². The van der Waals surface area contributed by atoms with Gasteiger partial charge >= 0.3 is 12.1 Å². The lowest BCUT2D eigenvalue weighted by atomic mass is 9.98. The molecule has 1 aliphatic rings. The number of hydrogen-bond acceptors (Lipinski definition) is 4. The van der Waals surface area contributed by atoms with Crippen LogP contribution in [0, 0.1) is 5.92 Å². The largest absolute Gasteiger partial charge is 0.481 e. The van der Waals surface area contributed by atoms with Crippen molar-refractivity contribution in [2.75, 3.05) is 13.2 Å². The van der Waals surface area contributed by atoms with Gasteiger partial charge in [-0.15, -0.1) is 0 Å². The molecule has 0 heterocycles. The first-order valence-corrected chi connectivity index (χ1v) is 11.4. The number of benzene rings is 2. The molecule has 0 saturated carbocycles. The third-order valence-corrected chi connectivity index (χ3v) is 5.92. The molecular weight excluding hydrogens is 420 g/mol. The van der Waals surface area contributed by atoms with Crippen LogP contribution >= 0.6 is 0 Å². The Morgan fingerprint density at radius 1 is 1.00 bits per heavy atom. The minimum Gasteiger partial charge on any atom is -0.481 e. The summed E-state index contributed by atoms with van der Waals surface area (Å²) in [7, 11) is 0. The normalized spacial score (nSPS) is 14.0. The molecule has 3 rings (SSSR count). The summed E-state index contributed by atoms with van der Waals surface area (Å²) in [5.41, 5.74) is 4.71. The predicted molar refractivity (Wildman–Crippen MR) is 126 cm³/mol. The maximum absolute atomic E-state index is 12.3. The number of hydrogen-bond donors (Lipinski definition) is 3. The molecule has 0 spiro atoms. The Balaban J connectivity index is 1.38. The third-order valence-electron chi connectivity index (χ3n) is 5.92. The lowest BCUT2D eigenvalue weighted by Gasteiger charge is -2.17. The molecule has 0 saturated heterocycles. The summed E-state index contributed by atoms with van der Waals surface area (Å²) in [6, 6.07) is 16.3. The topological polar surface area (TPSA) is 105 Å². The predicted octanol–water partition coefficient (Wildman–Crippen LogP) is 4.31. The highest BCUT2D eigenvalue weighted by Crippen LogP contribution is 2.44. The maximum atomic E-state index is 12.3. The molecule has 0 radical (unpaired) electrons. The second kappa shape index (κ2) is 11.5. The molecule has 7 nitrogen and oxygen atoms in total. The first kappa shape index (κ1) is 24.3. The van der Waals surface area contributed by atoms with Crippen LogP contribution < -0.4 is 10.6 Å². The van der Waals surface area contributed by atoms with Gasteiger partial charge in [0.2, 0.25) is 5.91 Å². The van der Waals surface area contributed by atoms with E-state index in [0.717, 1.165) is 0 Å². The Bertz CT molecular complexity index is 945. The molecule has 3 N–H and O–H groups in total. The van der Waals surface area contributed by atoms with Gasteiger partial charge in [-0.1, -0.05) is 55.5 Å². The molecule has 0 aliphatic heterocycles. The number of aliphatic carboxylic acids is 1. The molecule has 2 aromatic rings. The maximum Gasteiger partial charge on any atom is 0.407 e. The number of rotatable bonds is 11. The van der Waals surface area contributed by atoms with Crippen molar-refractivity contribution in [1.82, 2.24) is 10.6 Å².